The number of aliphatic hydroxyl groups is 1. The Morgan fingerprint density at radius 1 is 1.35 bits per heavy atom. The summed E-state index contributed by atoms with van der Waals surface area (Å²) in [6.45, 7) is 4.36. The Morgan fingerprint density at radius 3 is 2.81 bits per heavy atom. The molecule has 1 N–H and O–H groups in total. The van der Waals surface area contributed by atoms with Crippen LogP contribution in [0.15, 0.2) is 30.3 Å². The molecule has 7 nitrogen and oxygen atoms in total. The molecule has 1 aromatic rings. The number of nitrogens with zero attached hydrogens (tertiary/aromatic N) is 2. The smallest absolute Gasteiger partial charge is 0.254 e. The third-order valence-corrected chi connectivity index (χ3v) is 4.35. The second-order valence-corrected chi connectivity index (χ2v) is 6.47. The summed E-state index contributed by atoms with van der Waals surface area (Å²) in [5.41, 5.74) is 0.659. The SMILES string of the molecule is COCCN(C[C@@H]1CN(C[C@@H](O)COC)CCO1)C(=O)c1ccccc1. The van der Waals surface area contributed by atoms with E-state index < -0.39 is 6.10 Å². The highest BCUT2D eigenvalue weighted by molar-refractivity contribution is 5.94. The molecule has 2 atom stereocenters. The zero-order valence-electron chi connectivity index (χ0n) is 15.7. The van der Waals surface area contributed by atoms with Crippen molar-refractivity contribution in [3.63, 3.8) is 0 Å². The quantitative estimate of drug-likeness (QED) is 0.650. The standard InChI is InChI=1S/C19H30N2O5/c1-24-10-9-21(19(23)16-6-4-3-5-7-16)14-18-13-20(8-11-26-18)12-17(22)15-25-2/h3-7,17-18,22H,8-15H2,1-2H3/t17-,18+/m1/s1. The van der Waals surface area contributed by atoms with Gasteiger partial charge < -0.3 is 24.2 Å². The van der Waals surface area contributed by atoms with Gasteiger partial charge >= 0.3 is 0 Å². The van der Waals surface area contributed by atoms with Crippen LogP contribution in [0, 0.1) is 0 Å². The van der Waals surface area contributed by atoms with Gasteiger partial charge in [0.05, 0.1) is 32.0 Å². The van der Waals surface area contributed by atoms with Crippen LogP contribution in [0.25, 0.3) is 0 Å². The van der Waals surface area contributed by atoms with Gasteiger partial charge in [0, 0.05) is 52.5 Å². The van der Waals surface area contributed by atoms with E-state index >= 15 is 0 Å². The summed E-state index contributed by atoms with van der Waals surface area (Å²) in [4.78, 5) is 16.7. The van der Waals surface area contributed by atoms with E-state index in [4.69, 9.17) is 14.2 Å². The Labute approximate surface area is 155 Å². The van der Waals surface area contributed by atoms with E-state index in [9.17, 15) is 9.90 Å². The molecule has 1 saturated heterocycles. The lowest BCUT2D eigenvalue weighted by molar-refractivity contribution is -0.0573. The molecule has 1 aliphatic rings. The maximum absolute atomic E-state index is 12.8. The van der Waals surface area contributed by atoms with Crippen molar-refractivity contribution >= 4 is 5.91 Å². The van der Waals surface area contributed by atoms with E-state index in [2.05, 4.69) is 4.90 Å². The molecule has 2 rings (SSSR count). The lowest BCUT2D eigenvalue weighted by Crippen LogP contribution is -2.51. The molecular weight excluding hydrogens is 336 g/mol. The molecule has 0 spiro atoms. The highest BCUT2D eigenvalue weighted by Crippen LogP contribution is 2.11. The van der Waals surface area contributed by atoms with Gasteiger partial charge in [0.15, 0.2) is 0 Å². The van der Waals surface area contributed by atoms with E-state index in [0.717, 1.165) is 6.54 Å². The Morgan fingerprint density at radius 2 is 2.12 bits per heavy atom. The summed E-state index contributed by atoms with van der Waals surface area (Å²) >= 11 is 0. The van der Waals surface area contributed by atoms with E-state index in [1.165, 1.54) is 0 Å². The van der Waals surface area contributed by atoms with E-state index in [1.54, 1.807) is 19.1 Å². The molecule has 0 unspecified atom stereocenters. The van der Waals surface area contributed by atoms with Crippen LogP contribution in [0.4, 0.5) is 0 Å². The molecular formula is C19H30N2O5. The van der Waals surface area contributed by atoms with Gasteiger partial charge in [-0.2, -0.15) is 0 Å². The number of ether oxygens (including phenoxy) is 3. The van der Waals surface area contributed by atoms with Gasteiger partial charge in [-0.05, 0) is 12.1 Å². The molecule has 146 valence electrons. The maximum atomic E-state index is 12.8. The third kappa shape index (κ3) is 6.66. The molecule has 26 heavy (non-hydrogen) atoms. The molecule has 1 aliphatic heterocycles. The number of carbonyl (C=O) groups is 1. The number of hydrogen-bond acceptors (Lipinski definition) is 6. The minimum absolute atomic E-state index is 0.0252. The van der Waals surface area contributed by atoms with Crippen LogP contribution in [-0.2, 0) is 14.2 Å². The zero-order valence-corrected chi connectivity index (χ0v) is 15.7. The Hall–Kier alpha value is -1.51. The second kappa shape index (κ2) is 11.3. The second-order valence-electron chi connectivity index (χ2n) is 6.47. The number of morpholine rings is 1. The van der Waals surface area contributed by atoms with Gasteiger partial charge in [0.2, 0.25) is 0 Å². The van der Waals surface area contributed by atoms with Crippen molar-refractivity contribution in [2.24, 2.45) is 0 Å². The molecule has 1 aromatic carbocycles. The van der Waals surface area contributed by atoms with Gasteiger partial charge in [0.25, 0.3) is 5.91 Å². The fraction of sp³-hybridized carbons (Fsp3) is 0.632. The number of hydrogen-bond donors (Lipinski definition) is 1. The number of carbonyl (C=O) groups excluding carboxylic acids is 1. The molecule has 0 saturated carbocycles. The first-order valence-electron chi connectivity index (χ1n) is 8.98. The summed E-state index contributed by atoms with van der Waals surface area (Å²) in [6.07, 6.45) is -0.614. The molecule has 0 bridgehead atoms. The monoisotopic (exact) mass is 366 g/mol. The first-order chi connectivity index (χ1) is 12.6. The Kier molecular flexibility index (Phi) is 9.00. The minimum Gasteiger partial charge on any atom is -0.389 e. The number of β-amino-alcohol motifs (C(OH)–C–C–N with tert-alkyl or cyclic N) is 1. The zero-order chi connectivity index (χ0) is 18.8. The van der Waals surface area contributed by atoms with Crippen molar-refractivity contribution in [2.75, 3.05) is 66.8 Å². The lowest BCUT2D eigenvalue weighted by Gasteiger charge is -2.36. The molecule has 1 heterocycles. The normalized spacial score (nSPS) is 19.3. The van der Waals surface area contributed by atoms with E-state index in [0.29, 0.717) is 51.6 Å². The van der Waals surface area contributed by atoms with Crippen molar-refractivity contribution in [3.8, 4) is 0 Å². The number of methoxy groups -OCH3 is 2. The average Bonchev–Trinajstić information content (AvgIpc) is 2.65. The molecule has 1 amide bonds. The minimum atomic E-state index is -0.519. The summed E-state index contributed by atoms with van der Waals surface area (Å²) in [6, 6.07) is 9.24. The molecule has 7 heteroatoms. The number of benzene rings is 1. The molecule has 0 aliphatic carbocycles. The third-order valence-electron chi connectivity index (χ3n) is 4.35. The van der Waals surface area contributed by atoms with Crippen molar-refractivity contribution in [2.45, 2.75) is 12.2 Å². The summed E-state index contributed by atoms with van der Waals surface area (Å²) < 4.78 is 16.0. The maximum Gasteiger partial charge on any atom is 0.254 e. The first-order valence-corrected chi connectivity index (χ1v) is 8.98. The van der Waals surface area contributed by atoms with Gasteiger partial charge in [-0.15, -0.1) is 0 Å². The summed E-state index contributed by atoms with van der Waals surface area (Å²) in [5.74, 6) is -0.0252. The first kappa shape index (κ1) is 20.8. The fourth-order valence-electron chi connectivity index (χ4n) is 3.09. The molecule has 0 radical (unpaired) electrons. The summed E-state index contributed by atoms with van der Waals surface area (Å²) in [5, 5.41) is 9.93. The number of aliphatic hydroxyl groups excluding tert-OH is 1. The molecule has 0 aromatic heterocycles. The topological polar surface area (TPSA) is 71.5 Å². The van der Waals surface area contributed by atoms with Gasteiger partial charge in [-0.25, -0.2) is 0 Å². The average molecular weight is 366 g/mol. The Balaban J connectivity index is 1.95. The van der Waals surface area contributed by atoms with Crippen molar-refractivity contribution in [1.29, 1.82) is 0 Å². The highest BCUT2D eigenvalue weighted by atomic mass is 16.5. The van der Waals surface area contributed by atoms with Gasteiger partial charge in [-0.1, -0.05) is 18.2 Å². The van der Waals surface area contributed by atoms with Gasteiger partial charge in [-0.3, -0.25) is 9.69 Å². The largest absolute Gasteiger partial charge is 0.389 e. The predicted octanol–water partition coefficient (Wildman–Crippen LogP) is 0.483. The highest BCUT2D eigenvalue weighted by Gasteiger charge is 2.26. The van der Waals surface area contributed by atoms with E-state index in [-0.39, 0.29) is 12.0 Å². The number of amides is 1. The van der Waals surface area contributed by atoms with Crippen LogP contribution in [0.3, 0.4) is 0 Å². The van der Waals surface area contributed by atoms with Crippen LogP contribution in [-0.4, -0.2) is 99.8 Å². The van der Waals surface area contributed by atoms with Crippen LogP contribution in [0.2, 0.25) is 0 Å². The molecule has 1 fully saturated rings. The lowest BCUT2D eigenvalue weighted by atomic mass is 10.1. The fourth-order valence-corrected chi connectivity index (χ4v) is 3.09. The summed E-state index contributed by atoms with van der Waals surface area (Å²) in [7, 11) is 3.20. The number of rotatable bonds is 10. The Bertz CT molecular complexity index is 528. The van der Waals surface area contributed by atoms with Crippen LogP contribution < -0.4 is 0 Å². The predicted molar refractivity (Wildman–Crippen MR) is 98.3 cm³/mol. The van der Waals surface area contributed by atoms with Crippen molar-refractivity contribution in [1.82, 2.24) is 9.80 Å². The van der Waals surface area contributed by atoms with Crippen LogP contribution in [0.5, 0.6) is 0 Å². The van der Waals surface area contributed by atoms with Crippen LogP contribution >= 0.6 is 0 Å². The van der Waals surface area contributed by atoms with Gasteiger partial charge in [0.1, 0.15) is 0 Å². The van der Waals surface area contributed by atoms with Crippen molar-refractivity contribution < 1.29 is 24.1 Å². The van der Waals surface area contributed by atoms with E-state index in [1.807, 2.05) is 30.3 Å². The van der Waals surface area contributed by atoms with Crippen molar-refractivity contribution in [3.05, 3.63) is 35.9 Å². The van der Waals surface area contributed by atoms with Crippen LogP contribution in [0.1, 0.15) is 10.4 Å².